The summed E-state index contributed by atoms with van der Waals surface area (Å²) >= 11 is 0. The van der Waals surface area contributed by atoms with Crippen LogP contribution < -0.4 is 15.5 Å². The molecule has 4 rings (SSSR count). The van der Waals surface area contributed by atoms with Crippen molar-refractivity contribution in [3.63, 3.8) is 0 Å². The highest BCUT2D eigenvalue weighted by molar-refractivity contribution is 6.37. The Morgan fingerprint density at radius 2 is 1.74 bits per heavy atom. The summed E-state index contributed by atoms with van der Waals surface area (Å²) in [6, 6.07) is 18.8. The van der Waals surface area contributed by atoms with Crippen LogP contribution in [0, 0.1) is 5.82 Å². The number of anilines is 3. The third-order valence-corrected chi connectivity index (χ3v) is 6.37. The van der Waals surface area contributed by atoms with Gasteiger partial charge in [-0.15, -0.1) is 0 Å². The second kappa shape index (κ2) is 11.9. The standard InChI is InChI=1S/C30H31FN4O4/c1-19(36)35(15-14-34(2)3)24-11-9-23(10-12-24)32-29(21-7-5-6-20(16-21)17-27(37)39-4)28-25-13-8-22(31)18-26(25)33-30(28)38/h5-13,16,18,32H,14-15,17H2,1-4H3,(H,33,38). The van der Waals surface area contributed by atoms with Crippen molar-refractivity contribution in [3.05, 3.63) is 89.2 Å². The molecule has 0 bridgehead atoms. The van der Waals surface area contributed by atoms with E-state index < -0.39 is 5.82 Å². The molecule has 39 heavy (non-hydrogen) atoms. The number of nitrogens with one attached hydrogen (secondary N) is 2. The summed E-state index contributed by atoms with van der Waals surface area (Å²) in [4.78, 5) is 41.0. The van der Waals surface area contributed by atoms with E-state index in [0.29, 0.717) is 52.4 Å². The highest BCUT2D eigenvalue weighted by Gasteiger charge is 2.29. The van der Waals surface area contributed by atoms with E-state index in [4.69, 9.17) is 4.74 Å². The Hall–Kier alpha value is -4.50. The van der Waals surface area contributed by atoms with Gasteiger partial charge in [0.15, 0.2) is 0 Å². The van der Waals surface area contributed by atoms with Crippen LogP contribution in [0.15, 0.2) is 66.7 Å². The normalized spacial score (nSPS) is 13.5. The monoisotopic (exact) mass is 530 g/mol. The molecule has 2 amide bonds. The van der Waals surface area contributed by atoms with E-state index in [2.05, 4.69) is 10.6 Å². The van der Waals surface area contributed by atoms with Crippen LogP contribution in [0.3, 0.4) is 0 Å². The van der Waals surface area contributed by atoms with Gasteiger partial charge in [-0.1, -0.05) is 18.2 Å². The van der Waals surface area contributed by atoms with Gasteiger partial charge in [0.1, 0.15) is 5.82 Å². The van der Waals surface area contributed by atoms with Crippen LogP contribution >= 0.6 is 0 Å². The maximum Gasteiger partial charge on any atom is 0.309 e. The average molecular weight is 531 g/mol. The third kappa shape index (κ3) is 6.50. The van der Waals surface area contributed by atoms with Crippen LogP contribution in [-0.2, 0) is 25.5 Å². The number of carbonyl (C=O) groups excluding carboxylic acids is 3. The van der Waals surface area contributed by atoms with Crippen molar-refractivity contribution in [2.75, 3.05) is 49.8 Å². The van der Waals surface area contributed by atoms with E-state index in [1.54, 1.807) is 23.1 Å². The number of nitrogens with zero attached hydrogens (tertiary/aromatic N) is 2. The Morgan fingerprint density at radius 1 is 1.00 bits per heavy atom. The number of halogens is 1. The summed E-state index contributed by atoms with van der Waals surface area (Å²) in [5, 5.41) is 6.10. The summed E-state index contributed by atoms with van der Waals surface area (Å²) in [6.45, 7) is 2.79. The highest BCUT2D eigenvalue weighted by Crippen LogP contribution is 2.38. The Morgan fingerprint density at radius 3 is 2.41 bits per heavy atom. The Kier molecular flexibility index (Phi) is 8.41. The predicted octanol–water partition coefficient (Wildman–Crippen LogP) is 4.39. The molecule has 0 fully saturated rings. The molecular weight excluding hydrogens is 499 g/mol. The molecule has 1 aliphatic heterocycles. The highest BCUT2D eigenvalue weighted by atomic mass is 19.1. The largest absolute Gasteiger partial charge is 0.469 e. The Bertz CT molecular complexity index is 1430. The Balaban J connectivity index is 1.75. The van der Waals surface area contributed by atoms with Crippen molar-refractivity contribution in [1.29, 1.82) is 0 Å². The maximum absolute atomic E-state index is 13.9. The van der Waals surface area contributed by atoms with Gasteiger partial charge in [-0.25, -0.2) is 4.39 Å². The fourth-order valence-corrected chi connectivity index (χ4v) is 4.39. The number of hydrogen-bond acceptors (Lipinski definition) is 6. The van der Waals surface area contributed by atoms with Crippen LogP contribution in [0.25, 0.3) is 11.3 Å². The first-order chi connectivity index (χ1) is 18.7. The van der Waals surface area contributed by atoms with Crippen molar-refractivity contribution < 1.29 is 23.5 Å². The molecule has 0 aliphatic carbocycles. The number of methoxy groups -OCH3 is 1. The number of likely N-dealkylation sites (N-methyl/N-ethyl adjacent to an activating group) is 1. The van der Waals surface area contributed by atoms with Gasteiger partial charge in [0.05, 0.1) is 30.5 Å². The molecule has 202 valence electrons. The van der Waals surface area contributed by atoms with Crippen LogP contribution in [0.4, 0.5) is 21.5 Å². The number of ether oxygens (including phenoxy) is 1. The molecule has 3 aromatic carbocycles. The fourth-order valence-electron chi connectivity index (χ4n) is 4.39. The van der Waals surface area contributed by atoms with Crippen molar-refractivity contribution in [2.24, 2.45) is 0 Å². The molecule has 9 heteroatoms. The van der Waals surface area contributed by atoms with Gasteiger partial charge in [-0.2, -0.15) is 0 Å². The second-order valence-electron chi connectivity index (χ2n) is 9.49. The SMILES string of the molecule is COC(=O)Cc1cccc(C(Nc2ccc(N(CCN(C)C)C(C)=O)cc2)=C2C(=O)Nc3cc(F)ccc32)c1. The molecule has 1 heterocycles. The van der Waals surface area contributed by atoms with Gasteiger partial charge in [0.2, 0.25) is 5.91 Å². The number of fused-ring (bicyclic) bond motifs is 1. The summed E-state index contributed by atoms with van der Waals surface area (Å²) in [7, 11) is 5.23. The smallest absolute Gasteiger partial charge is 0.309 e. The van der Waals surface area contributed by atoms with E-state index in [9.17, 15) is 18.8 Å². The number of amides is 2. The molecule has 8 nitrogen and oxygen atoms in total. The number of hydrogen-bond donors (Lipinski definition) is 2. The molecule has 2 N–H and O–H groups in total. The van der Waals surface area contributed by atoms with E-state index >= 15 is 0 Å². The zero-order valence-corrected chi connectivity index (χ0v) is 22.4. The summed E-state index contributed by atoms with van der Waals surface area (Å²) in [6.07, 6.45) is 0.0729. The zero-order valence-electron chi connectivity index (χ0n) is 22.4. The van der Waals surface area contributed by atoms with Crippen LogP contribution in [0.1, 0.15) is 23.6 Å². The van der Waals surface area contributed by atoms with Gasteiger partial charge < -0.3 is 25.2 Å². The molecule has 0 aromatic heterocycles. The number of benzene rings is 3. The quantitative estimate of drug-likeness (QED) is 0.315. The fraction of sp³-hybridized carbons (Fsp3) is 0.233. The molecule has 3 aromatic rings. The van der Waals surface area contributed by atoms with Crippen LogP contribution in [0.5, 0.6) is 0 Å². The topological polar surface area (TPSA) is 91.0 Å². The van der Waals surface area contributed by atoms with Gasteiger partial charge in [-0.3, -0.25) is 14.4 Å². The molecule has 1 aliphatic rings. The maximum atomic E-state index is 13.9. The number of carbonyl (C=O) groups is 3. The minimum absolute atomic E-state index is 0.0609. The second-order valence-corrected chi connectivity index (χ2v) is 9.49. The van der Waals surface area contributed by atoms with E-state index in [0.717, 1.165) is 5.69 Å². The average Bonchev–Trinajstić information content (AvgIpc) is 3.22. The lowest BCUT2D eigenvalue weighted by atomic mass is 9.98. The van der Waals surface area contributed by atoms with Gasteiger partial charge in [-0.05, 0) is 73.8 Å². The minimum atomic E-state index is -0.454. The molecule has 0 saturated carbocycles. The first-order valence-corrected chi connectivity index (χ1v) is 12.5. The summed E-state index contributed by atoms with van der Waals surface area (Å²) in [5.41, 5.74) is 4.60. The molecule has 0 radical (unpaired) electrons. The molecule has 0 saturated heterocycles. The third-order valence-electron chi connectivity index (χ3n) is 6.37. The lowest BCUT2D eigenvalue weighted by Crippen LogP contribution is -2.35. The van der Waals surface area contributed by atoms with Crippen molar-refractivity contribution >= 4 is 46.1 Å². The van der Waals surface area contributed by atoms with E-state index in [1.807, 2.05) is 55.4 Å². The zero-order chi connectivity index (χ0) is 28.1. The molecule has 0 spiro atoms. The number of esters is 1. The van der Waals surface area contributed by atoms with E-state index in [1.165, 1.54) is 26.2 Å². The van der Waals surface area contributed by atoms with Gasteiger partial charge in [0.25, 0.3) is 5.91 Å². The number of rotatable bonds is 9. The molecule has 0 atom stereocenters. The lowest BCUT2D eigenvalue weighted by molar-refractivity contribution is -0.139. The first-order valence-electron chi connectivity index (χ1n) is 12.5. The predicted molar refractivity (Wildman–Crippen MR) is 151 cm³/mol. The van der Waals surface area contributed by atoms with Crippen molar-refractivity contribution in [1.82, 2.24) is 4.90 Å². The van der Waals surface area contributed by atoms with Crippen LogP contribution in [-0.4, -0.2) is 57.0 Å². The van der Waals surface area contributed by atoms with Gasteiger partial charge in [0, 0.05) is 37.0 Å². The first kappa shape index (κ1) is 27.5. The van der Waals surface area contributed by atoms with E-state index in [-0.39, 0.29) is 24.2 Å². The molecule has 0 unspecified atom stereocenters. The van der Waals surface area contributed by atoms with Gasteiger partial charge >= 0.3 is 5.97 Å². The summed E-state index contributed by atoms with van der Waals surface area (Å²) < 4.78 is 18.7. The molecular formula is C30H31FN4O4. The minimum Gasteiger partial charge on any atom is -0.469 e. The Labute approximate surface area is 227 Å². The van der Waals surface area contributed by atoms with Crippen LogP contribution in [0.2, 0.25) is 0 Å². The van der Waals surface area contributed by atoms with Crippen molar-refractivity contribution in [2.45, 2.75) is 13.3 Å². The summed E-state index contributed by atoms with van der Waals surface area (Å²) in [5.74, 6) is -1.27. The van der Waals surface area contributed by atoms with Crippen molar-refractivity contribution in [3.8, 4) is 0 Å². The lowest BCUT2D eigenvalue weighted by Gasteiger charge is -2.23.